The minimum Gasteiger partial charge on any atom is -0.495 e. The van der Waals surface area contributed by atoms with Gasteiger partial charge in [-0.2, -0.15) is 5.10 Å². The molecule has 160 valence electrons. The number of carbonyl (C=O) groups excluding carboxylic acids is 1. The zero-order valence-corrected chi connectivity index (χ0v) is 18.1. The number of halogens is 1. The molecule has 0 saturated carbocycles. The SMILES string of the molecule is C=CCOc1cccc(/C=N\NC(=O)CN(c2ccc(OC)c(Cl)c2)S(C)(=O)=O)c1. The predicted octanol–water partition coefficient (Wildman–Crippen LogP) is 2.83. The van der Waals surface area contributed by atoms with Crippen LogP contribution in [0.1, 0.15) is 5.56 Å². The molecule has 2 aromatic rings. The van der Waals surface area contributed by atoms with Crippen molar-refractivity contribution in [1.82, 2.24) is 5.43 Å². The maximum absolute atomic E-state index is 12.3. The van der Waals surface area contributed by atoms with Crippen LogP contribution in [0.5, 0.6) is 11.5 Å². The first kappa shape index (κ1) is 23.2. The monoisotopic (exact) mass is 451 g/mol. The van der Waals surface area contributed by atoms with Crippen molar-refractivity contribution in [2.45, 2.75) is 0 Å². The van der Waals surface area contributed by atoms with Crippen LogP contribution in [0.25, 0.3) is 0 Å². The molecule has 0 bridgehead atoms. The number of nitrogens with zero attached hydrogens (tertiary/aromatic N) is 2. The van der Waals surface area contributed by atoms with E-state index in [0.29, 0.717) is 23.7 Å². The molecule has 0 saturated heterocycles. The topological polar surface area (TPSA) is 97.3 Å². The fraction of sp³-hybridized carbons (Fsp3) is 0.200. The molecular formula is C20H22ClN3O5S. The third-order valence-electron chi connectivity index (χ3n) is 3.74. The predicted molar refractivity (Wildman–Crippen MR) is 118 cm³/mol. The smallest absolute Gasteiger partial charge is 0.260 e. The molecule has 0 aliphatic heterocycles. The van der Waals surface area contributed by atoms with Gasteiger partial charge in [-0.1, -0.05) is 36.4 Å². The normalized spacial score (nSPS) is 11.2. The van der Waals surface area contributed by atoms with Crippen LogP contribution in [-0.4, -0.2) is 47.1 Å². The quantitative estimate of drug-likeness (QED) is 0.340. The highest BCUT2D eigenvalue weighted by Crippen LogP contribution is 2.30. The van der Waals surface area contributed by atoms with E-state index in [4.69, 9.17) is 21.1 Å². The largest absolute Gasteiger partial charge is 0.495 e. The van der Waals surface area contributed by atoms with Crippen LogP contribution in [0, 0.1) is 0 Å². The highest BCUT2D eigenvalue weighted by Gasteiger charge is 2.21. The molecule has 0 aromatic heterocycles. The van der Waals surface area contributed by atoms with Crippen molar-refractivity contribution in [3.05, 3.63) is 65.7 Å². The van der Waals surface area contributed by atoms with Crippen LogP contribution < -0.4 is 19.2 Å². The lowest BCUT2D eigenvalue weighted by Crippen LogP contribution is -2.39. The molecule has 1 amide bonds. The number of hydrogen-bond acceptors (Lipinski definition) is 6. The molecule has 0 heterocycles. The number of anilines is 1. The zero-order chi connectivity index (χ0) is 22.1. The van der Waals surface area contributed by atoms with E-state index in [-0.39, 0.29) is 10.7 Å². The van der Waals surface area contributed by atoms with E-state index in [1.54, 1.807) is 30.3 Å². The molecule has 0 atom stereocenters. The van der Waals surface area contributed by atoms with Gasteiger partial charge in [0.2, 0.25) is 10.0 Å². The first-order valence-electron chi connectivity index (χ1n) is 8.71. The van der Waals surface area contributed by atoms with Crippen molar-refractivity contribution in [2.24, 2.45) is 5.10 Å². The molecule has 30 heavy (non-hydrogen) atoms. The molecule has 2 aromatic carbocycles. The number of methoxy groups -OCH3 is 1. The van der Waals surface area contributed by atoms with Crippen LogP contribution in [0.15, 0.2) is 60.2 Å². The van der Waals surface area contributed by atoms with Crippen molar-refractivity contribution in [3.63, 3.8) is 0 Å². The Kier molecular flexibility index (Phi) is 8.25. The van der Waals surface area contributed by atoms with Gasteiger partial charge in [-0.3, -0.25) is 9.10 Å². The van der Waals surface area contributed by atoms with Crippen molar-refractivity contribution in [1.29, 1.82) is 0 Å². The Morgan fingerprint density at radius 1 is 1.30 bits per heavy atom. The third-order valence-corrected chi connectivity index (χ3v) is 5.18. The number of hydrazone groups is 1. The average molecular weight is 452 g/mol. The Morgan fingerprint density at radius 2 is 2.07 bits per heavy atom. The van der Waals surface area contributed by atoms with Crippen LogP contribution in [0.3, 0.4) is 0 Å². The lowest BCUT2D eigenvalue weighted by atomic mass is 10.2. The van der Waals surface area contributed by atoms with Gasteiger partial charge in [0, 0.05) is 0 Å². The van der Waals surface area contributed by atoms with Crippen molar-refractivity contribution in [3.8, 4) is 11.5 Å². The van der Waals surface area contributed by atoms with Crippen molar-refractivity contribution < 1.29 is 22.7 Å². The van der Waals surface area contributed by atoms with Gasteiger partial charge in [-0.05, 0) is 35.9 Å². The van der Waals surface area contributed by atoms with Gasteiger partial charge in [-0.25, -0.2) is 13.8 Å². The third kappa shape index (κ3) is 6.78. The summed E-state index contributed by atoms with van der Waals surface area (Å²) in [6.45, 7) is 3.48. The lowest BCUT2D eigenvalue weighted by molar-refractivity contribution is -0.119. The fourth-order valence-corrected chi connectivity index (χ4v) is 3.50. The maximum Gasteiger partial charge on any atom is 0.260 e. The van der Waals surface area contributed by atoms with Gasteiger partial charge < -0.3 is 9.47 Å². The Morgan fingerprint density at radius 3 is 2.70 bits per heavy atom. The maximum atomic E-state index is 12.3. The minimum atomic E-state index is -3.74. The summed E-state index contributed by atoms with van der Waals surface area (Å²) in [4.78, 5) is 12.3. The summed E-state index contributed by atoms with van der Waals surface area (Å²) in [7, 11) is -2.30. The first-order valence-corrected chi connectivity index (χ1v) is 10.9. The summed E-state index contributed by atoms with van der Waals surface area (Å²) in [6, 6.07) is 11.5. The van der Waals surface area contributed by atoms with Crippen LogP contribution >= 0.6 is 11.6 Å². The number of benzene rings is 2. The Bertz CT molecular complexity index is 1040. The summed E-state index contributed by atoms with van der Waals surface area (Å²) in [6.07, 6.45) is 4.05. The van der Waals surface area contributed by atoms with Crippen molar-refractivity contribution >= 4 is 39.4 Å². The van der Waals surface area contributed by atoms with Gasteiger partial charge in [-0.15, -0.1) is 0 Å². The van der Waals surface area contributed by atoms with Crippen LogP contribution in [0.2, 0.25) is 5.02 Å². The molecule has 0 fully saturated rings. The molecule has 0 spiro atoms. The average Bonchev–Trinajstić information content (AvgIpc) is 2.70. The van der Waals surface area contributed by atoms with Gasteiger partial charge in [0.25, 0.3) is 5.91 Å². The van der Waals surface area contributed by atoms with E-state index >= 15 is 0 Å². The Balaban J connectivity index is 2.07. The van der Waals surface area contributed by atoms with E-state index in [1.807, 2.05) is 0 Å². The number of ether oxygens (including phenoxy) is 2. The lowest BCUT2D eigenvalue weighted by Gasteiger charge is -2.22. The number of hydrogen-bond donors (Lipinski definition) is 1. The Hall–Kier alpha value is -3.04. The van der Waals surface area contributed by atoms with Gasteiger partial charge in [0.1, 0.15) is 24.7 Å². The summed E-state index contributed by atoms with van der Waals surface area (Å²) in [5.41, 5.74) is 3.24. The molecule has 0 aliphatic carbocycles. The van der Waals surface area contributed by atoms with Crippen molar-refractivity contribution in [2.75, 3.05) is 30.8 Å². The van der Waals surface area contributed by atoms with E-state index in [2.05, 4.69) is 17.1 Å². The second-order valence-corrected chi connectivity index (χ2v) is 8.37. The van der Waals surface area contributed by atoms with E-state index in [0.717, 1.165) is 10.6 Å². The second kappa shape index (κ2) is 10.7. The number of rotatable bonds is 10. The number of nitrogens with one attached hydrogen (secondary N) is 1. The van der Waals surface area contributed by atoms with Gasteiger partial charge in [0.05, 0.1) is 30.3 Å². The number of amides is 1. The minimum absolute atomic E-state index is 0.223. The summed E-state index contributed by atoms with van der Waals surface area (Å²) in [5.74, 6) is 0.398. The molecule has 0 radical (unpaired) electrons. The van der Waals surface area contributed by atoms with E-state index in [9.17, 15) is 13.2 Å². The number of sulfonamides is 1. The highest BCUT2D eigenvalue weighted by molar-refractivity contribution is 7.92. The number of carbonyl (C=O) groups is 1. The summed E-state index contributed by atoms with van der Waals surface area (Å²) >= 11 is 6.07. The summed E-state index contributed by atoms with van der Waals surface area (Å²) in [5, 5.41) is 4.09. The molecule has 10 heteroatoms. The fourth-order valence-electron chi connectivity index (χ4n) is 2.39. The summed E-state index contributed by atoms with van der Waals surface area (Å²) < 4.78 is 35.7. The van der Waals surface area contributed by atoms with Crippen LogP contribution in [0.4, 0.5) is 5.69 Å². The highest BCUT2D eigenvalue weighted by atomic mass is 35.5. The van der Waals surface area contributed by atoms with Gasteiger partial charge >= 0.3 is 0 Å². The van der Waals surface area contributed by atoms with E-state index in [1.165, 1.54) is 31.5 Å². The first-order chi connectivity index (χ1) is 14.2. The Labute approximate surface area is 180 Å². The molecule has 0 aliphatic rings. The molecule has 1 N–H and O–H groups in total. The molecular weight excluding hydrogens is 430 g/mol. The second-order valence-electron chi connectivity index (χ2n) is 6.05. The molecule has 2 rings (SSSR count). The molecule has 8 nitrogen and oxygen atoms in total. The van der Waals surface area contributed by atoms with E-state index < -0.39 is 22.5 Å². The standard InChI is InChI=1S/C20H22ClN3O5S/c1-4-10-29-17-7-5-6-15(11-17)13-22-23-20(25)14-24(30(3,26)27)16-8-9-19(28-2)18(21)12-16/h4-9,11-13H,1,10,14H2,2-3H3,(H,23,25)/b22-13-. The van der Waals surface area contributed by atoms with Crippen LogP contribution in [-0.2, 0) is 14.8 Å². The zero-order valence-electron chi connectivity index (χ0n) is 16.5. The van der Waals surface area contributed by atoms with Gasteiger partial charge in [0.15, 0.2) is 0 Å². The molecule has 0 unspecified atom stereocenters.